The van der Waals surface area contributed by atoms with Gasteiger partial charge in [0, 0.05) is 42.9 Å². The largest absolute Gasteiger partial charge is 0.456 e. The number of hydrogen-bond acceptors (Lipinski definition) is 5. The molecular formula is C24H24N2O5. The number of esters is 1. The number of benzene rings is 2. The van der Waals surface area contributed by atoms with E-state index in [0.717, 1.165) is 36.6 Å². The molecule has 31 heavy (non-hydrogen) atoms. The average molecular weight is 420 g/mol. The van der Waals surface area contributed by atoms with Crippen LogP contribution in [0.1, 0.15) is 32.1 Å². The van der Waals surface area contributed by atoms with E-state index in [4.69, 9.17) is 14.2 Å². The predicted octanol–water partition coefficient (Wildman–Crippen LogP) is 4.25. The van der Waals surface area contributed by atoms with Crippen LogP contribution < -0.4 is 14.8 Å². The van der Waals surface area contributed by atoms with Gasteiger partial charge in [0.05, 0.1) is 6.42 Å². The van der Waals surface area contributed by atoms with E-state index in [1.807, 2.05) is 41.1 Å². The van der Waals surface area contributed by atoms with Crippen molar-refractivity contribution in [3.63, 3.8) is 0 Å². The van der Waals surface area contributed by atoms with Crippen LogP contribution in [-0.2, 0) is 20.9 Å². The van der Waals surface area contributed by atoms with Gasteiger partial charge in [0.2, 0.25) is 0 Å². The summed E-state index contributed by atoms with van der Waals surface area (Å²) in [5.74, 6) is -0.0126. The Morgan fingerprint density at radius 1 is 1.03 bits per heavy atom. The number of nitrogens with zero attached hydrogens (tertiary/aromatic N) is 1. The summed E-state index contributed by atoms with van der Waals surface area (Å²) in [4.78, 5) is 24.3. The fraction of sp³-hybridized carbons (Fsp3) is 0.333. The minimum absolute atomic E-state index is 0.193. The van der Waals surface area contributed by atoms with E-state index in [2.05, 4.69) is 5.32 Å². The van der Waals surface area contributed by atoms with Crippen molar-refractivity contribution in [1.29, 1.82) is 0 Å². The Labute approximate surface area is 179 Å². The lowest BCUT2D eigenvalue weighted by molar-refractivity contribution is -0.147. The molecule has 1 fully saturated rings. The number of aryl methyl sites for hydroxylation is 1. The number of ether oxygens (including phenoxy) is 3. The number of carbonyl (C=O) groups excluding carboxylic acids is 2. The zero-order valence-corrected chi connectivity index (χ0v) is 17.1. The predicted molar refractivity (Wildman–Crippen MR) is 115 cm³/mol. The van der Waals surface area contributed by atoms with Gasteiger partial charge in [-0.3, -0.25) is 9.59 Å². The first-order valence-corrected chi connectivity index (χ1v) is 10.6. The molecule has 1 aromatic heterocycles. The SMILES string of the molecule is O=C(COC(=O)CCn1ccc2ccccc21)Nc1ccc2c(c1)OC1(CCCC1)O2. The molecule has 0 atom stereocenters. The number of carbonyl (C=O) groups is 2. The molecule has 0 radical (unpaired) electrons. The molecule has 1 amide bonds. The van der Waals surface area contributed by atoms with Gasteiger partial charge in [0.25, 0.3) is 11.7 Å². The van der Waals surface area contributed by atoms with Crippen LogP contribution in [-0.4, -0.2) is 28.8 Å². The van der Waals surface area contributed by atoms with Gasteiger partial charge in [-0.25, -0.2) is 0 Å². The van der Waals surface area contributed by atoms with Crippen LogP contribution >= 0.6 is 0 Å². The molecule has 0 bridgehead atoms. The van der Waals surface area contributed by atoms with E-state index >= 15 is 0 Å². The van der Waals surface area contributed by atoms with Crippen molar-refractivity contribution in [3.8, 4) is 11.5 Å². The number of fused-ring (bicyclic) bond motifs is 2. The highest BCUT2D eigenvalue weighted by Crippen LogP contribution is 2.47. The first-order chi connectivity index (χ1) is 15.1. The van der Waals surface area contributed by atoms with Crippen LogP contribution in [0.15, 0.2) is 54.7 Å². The van der Waals surface area contributed by atoms with Crippen LogP contribution in [0.3, 0.4) is 0 Å². The molecule has 2 aliphatic rings. The number of anilines is 1. The highest BCUT2D eigenvalue weighted by Gasteiger charge is 2.44. The second-order valence-corrected chi connectivity index (χ2v) is 8.01. The summed E-state index contributed by atoms with van der Waals surface area (Å²) in [5, 5.41) is 3.87. The molecular weight excluding hydrogens is 396 g/mol. The summed E-state index contributed by atoms with van der Waals surface area (Å²) in [6.45, 7) is 0.168. The van der Waals surface area contributed by atoms with Gasteiger partial charge in [-0.2, -0.15) is 0 Å². The molecule has 1 aliphatic carbocycles. The molecule has 1 aliphatic heterocycles. The summed E-state index contributed by atoms with van der Waals surface area (Å²) >= 11 is 0. The minimum Gasteiger partial charge on any atom is -0.456 e. The zero-order chi connectivity index (χ0) is 21.3. The Bertz CT molecular complexity index is 1130. The fourth-order valence-electron chi connectivity index (χ4n) is 4.25. The maximum Gasteiger partial charge on any atom is 0.308 e. The minimum atomic E-state index is -0.536. The van der Waals surface area contributed by atoms with E-state index < -0.39 is 17.7 Å². The van der Waals surface area contributed by atoms with Crippen LogP contribution in [0.5, 0.6) is 11.5 Å². The van der Waals surface area contributed by atoms with Gasteiger partial charge in [-0.15, -0.1) is 0 Å². The summed E-state index contributed by atoms with van der Waals surface area (Å²) in [6, 6.07) is 15.3. The van der Waals surface area contributed by atoms with Crippen molar-refractivity contribution in [2.45, 2.75) is 44.4 Å². The molecule has 0 saturated heterocycles. The Kier molecular flexibility index (Phi) is 5.02. The first kappa shape index (κ1) is 19.5. The highest BCUT2D eigenvalue weighted by molar-refractivity contribution is 5.93. The van der Waals surface area contributed by atoms with Crippen molar-refractivity contribution in [2.75, 3.05) is 11.9 Å². The van der Waals surface area contributed by atoms with Gasteiger partial charge < -0.3 is 24.1 Å². The number of para-hydroxylation sites is 1. The summed E-state index contributed by atoms with van der Waals surface area (Å²) in [7, 11) is 0. The van der Waals surface area contributed by atoms with Gasteiger partial charge >= 0.3 is 5.97 Å². The molecule has 1 N–H and O–H groups in total. The van der Waals surface area contributed by atoms with E-state index in [1.54, 1.807) is 18.2 Å². The summed E-state index contributed by atoms with van der Waals surface area (Å²) < 4.78 is 19.1. The maximum absolute atomic E-state index is 12.2. The van der Waals surface area contributed by atoms with Gasteiger partial charge in [0.15, 0.2) is 18.1 Å². The molecule has 160 valence electrons. The quantitative estimate of drug-likeness (QED) is 0.603. The highest BCUT2D eigenvalue weighted by atomic mass is 16.7. The normalized spacial score (nSPS) is 16.0. The van der Waals surface area contributed by atoms with Crippen molar-refractivity contribution in [2.24, 2.45) is 0 Å². The molecule has 3 aromatic rings. The molecule has 7 heteroatoms. The third-order valence-corrected chi connectivity index (χ3v) is 5.79. The summed E-state index contributed by atoms with van der Waals surface area (Å²) in [6.07, 6.45) is 6.06. The van der Waals surface area contributed by atoms with E-state index in [1.165, 1.54) is 0 Å². The first-order valence-electron chi connectivity index (χ1n) is 10.6. The van der Waals surface area contributed by atoms with E-state index in [-0.39, 0.29) is 13.0 Å². The monoisotopic (exact) mass is 420 g/mol. The van der Waals surface area contributed by atoms with Crippen molar-refractivity contribution < 1.29 is 23.8 Å². The summed E-state index contributed by atoms with van der Waals surface area (Å²) in [5.41, 5.74) is 1.65. The van der Waals surface area contributed by atoms with Gasteiger partial charge in [-0.1, -0.05) is 18.2 Å². The third-order valence-electron chi connectivity index (χ3n) is 5.79. The lowest BCUT2D eigenvalue weighted by Gasteiger charge is -2.21. The van der Waals surface area contributed by atoms with E-state index in [0.29, 0.717) is 23.7 Å². The number of rotatable bonds is 6. The lowest BCUT2D eigenvalue weighted by atomic mass is 10.2. The van der Waals surface area contributed by atoms with Crippen molar-refractivity contribution in [3.05, 3.63) is 54.7 Å². The van der Waals surface area contributed by atoms with Crippen molar-refractivity contribution >= 4 is 28.5 Å². The molecule has 1 saturated carbocycles. The van der Waals surface area contributed by atoms with Gasteiger partial charge in [-0.05, 0) is 42.5 Å². The van der Waals surface area contributed by atoms with Crippen LogP contribution in [0.4, 0.5) is 5.69 Å². The van der Waals surface area contributed by atoms with Crippen LogP contribution in [0.2, 0.25) is 0 Å². The fourth-order valence-corrected chi connectivity index (χ4v) is 4.25. The van der Waals surface area contributed by atoms with Crippen LogP contribution in [0.25, 0.3) is 10.9 Å². The Morgan fingerprint density at radius 3 is 2.71 bits per heavy atom. The number of nitrogens with one attached hydrogen (secondary N) is 1. The molecule has 1 spiro atoms. The molecule has 2 aromatic carbocycles. The number of amides is 1. The maximum atomic E-state index is 12.2. The van der Waals surface area contributed by atoms with Crippen molar-refractivity contribution in [1.82, 2.24) is 4.57 Å². The second kappa shape index (κ2) is 7.98. The second-order valence-electron chi connectivity index (χ2n) is 8.01. The van der Waals surface area contributed by atoms with E-state index in [9.17, 15) is 9.59 Å². The molecule has 5 rings (SSSR count). The average Bonchev–Trinajstić information content (AvgIpc) is 3.49. The lowest BCUT2D eigenvalue weighted by Crippen LogP contribution is -2.34. The smallest absolute Gasteiger partial charge is 0.308 e. The van der Waals surface area contributed by atoms with Gasteiger partial charge in [0.1, 0.15) is 0 Å². The standard InChI is InChI=1S/C24H24N2O5/c27-22(16-29-23(28)10-14-26-13-9-17-5-1-2-6-19(17)26)25-18-7-8-20-21(15-18)31-24(30-20)11-3-4-12-24/h1-2,5-9,13,15H,3-4,10-12,14,16H2,(H,25,27). The number of hydrogen-bond donors (Lipinski definition) is 1. The third kappa shape index (κ3) is 4.08. The van der Waals surface area contributed by atoms with Crippen LogP contribution in [0, 0.1) is 0 Å². The Balaban J connectivity index is 1.10. The number of aromatic nitrogens is 1. The Morgan fingerprint density at radius 2 is 1.84 bits per heavy atom. The molecule has 7 nitrogen and oxygen atoms in total. The topological polar surface area (TPSA) is 78.8 Å². The Hall–Kier alpha value is -3.48. The molecule has 2 heterocycles. The molecule has 0 unspecified atom stereocenters. The zero-order valence-electron chi connectivity index (χ0n) is 17.1.